The highest BCUT2D eigenvalue weighted by Crippen LogP contribution is 2.19. The Kier molecular flexibility index (Phi) is 10.1. The first kappa shape index (κ1) is 28.1. The summed E-state index contributed by atoms with van der Waals surface area (Å²) in [5.41, 5.74) is 7.91. The molecular weight excluding hydrogens is 474 g/mol. The van der Waals surface area contributed by atoms with E-state index in [1.807, 2.05) is 24.3 Å². The second-order valence-electron chi connectivity index (χ2n) is 8.71. The number of carboxylic acid groups (broad SMARTS) is 1. The molecular formula is C23H33N5O6S. The van der Waals surface area contributed by atoms with Gasteiger partial charge in [-0.15, -0.1) is 0 Å². The van der Waals surface area contributed by atoms with E-state index in [0.717, 1.165) is 16.5 Å². The summed E-state index contributed by atoms with van der Waals surface area (Å²) in [6, 6.07) is 2.95. The van der Waals surface area contributed by atoms with Gasteiger partial charge in [-0.25, -0.2) is 4.79 Å². The first-order chi connectivity index (χ1) is 16.5. The average molecular weight is 508 g/mol. The number of nitrogens with one attached hydrogen (secondary N) is 4. The maximum atomic E-state index is 12.9. The number of para-hydroxylation sites is 1. The maximum absolute atomic E-state index is 12.9. The van der Waals surface area contributed by atoms with E-state index >= 15 is 0 Å². The molecule has 0 aliphatic rings. The van der Waals surface area contributed by atoms with E-state index in [4.69, 9.17) is 10.8 Å². The molecule has 5 unspecified atom stereocenters. The van der Waals surface area contributed by atoms with Crippen LogP contribution in [0.4, 0.5) is 0 Å². The Morgan fingerprint density at radius 1 is 1.00 bits per heavy atom. The molecule has 2 aromatic rings. The van der Waals surface area contributed by atoms with E-state index in [0.29, 0.717) is 0 Å². The molecule has 0 bridgehead atoms. The van der Waals surface area contributed by atoms with Crippen LogP contribution in [0.2, 0.25) is 0 Å². The van der Waals surface area contributed by atoms with Gasteiger partial charge >= 0.3 is 5.97 Å². The monoisotopic (exact) mass is 507 g/mol. The van der Waals surface area contributed by atoms with Gasteiger partial charge in [0, 0.05) is 22.9 Å². The van der Waals surface area contributed by atoms with Crippen molar-refractivity contribution in [3.63, 3.8) is 0 Å². The lowest BCUT2D eigenvalue weighted by Crippen LogP contribution is -2.59. The summed E-state index contributed by atoms with van der Waals surface area (Å²) in [5, 5.41) is 27.0. The van der Waals surface area contributed by atoms with Gasteiger partial charge in [-0.3, -0.25) is 14.4 Å². The zero-order valence-electron chi connectivity index (χ0n) is 19.8. The van der Waals surface area contributed by atoms with E-state index in [9.17, 15) is 24.3 Å². The van der Waals surface area contributed by atoms with Crippen molar-refractivity contribution in [1.29, 1.82) is 0 Å². The first-order valence-corrected chi connectivity index (χ1v) is 11.8. The number of nitrogens with two attached hydrogens (primary N) is 1. The summed E-state index contributed by atoms with van der Waals surface area (Å²) in [6.45, 7) is 4.66. The molecule has 1 aromatic heterocycles. The van der Waals surface area contributed by atoms with E-state index in [-0.39, 0.29) is 18.1 Å². The molecule has 0 spiro atoms. The summed E-state index contributed by atoms with van der Waals surface area (Å²) < 4.78 is 0. The third-order valence-electron chi connectivity index (χ3n) is 5.56. The van der Waals surface area contributed by atoms with E-state index in [1.54, 1.807) is 20.0 Å². The summed E-state index contributed by atoms with van der Waals surface area (Å²) in [5.74, 6) is -3.91. The van der Waals surface area contributed by atoms with E-state index in [1.165, 1.54) is 6.92 Å². The standard InChI is InChI=1S/C23H33N5O6S/c1-11(2)18(22(32)26-17(10-35)21(31)28-19(12(3)29)23(33)34)27-20(30)15(24)8-13-9-25-16-7-5-4-6-14(13)16/h4-7,9,11-12,15,17-19,25,29,35H,8,10,24H2,1-3H3,(H,26,32)(H,27,30)(H,28,31)(H,33,34). The van der Waals surface area contributed by atoms with Crippen molar-refractivity contribution in [3.8, 4) is 0 Å². The summed E-state index contributed by atoms with van der Waals surface area (Å²) in [7, 11) is 0. The molecule has 3 amide bonds. The number of aliphatic hydroxyl groups is 1. The predicted octanol–water partition coefficient (Wildman–Crippen LogP) is -0.457. The number of aliphatic hydroxyl groups excluding tert-OH is 1. The van der Waals surface area contributed by atoms with Crippen LogP contribution in [0.15, 0.2) is 30.5 Å². The fraction of sp³-hybridized carbons (Fsp3) is 0.478. The highest BCUT2D eigenvalue weighted by molar-refractivity contribution is 7.80. The average Bonchev–Trinajstić information content (AvgIpc) is 3.20. The number of H-pyrrole nitrogens is 1. The van der Waals surface area contributed by atoms with Gasteiger partial charge in [0.05, 0.1) is 12.1 Å². The van der Waals surface area contributed by atoms with Gasteiger partial charge in [0.1, 0.15) is 12.1 Å². The lowest BCUT2D eigenvalue weighted by Gasteiger charge is -2.26. The number of aliphatic carboxylic acids is 1. The van der Waals surface area contributed by atoms with Gasteiger partial charge in [0.15, 0.2) is 6.04 Å². The third kappa shape index (κ3) is 7.44. The second kappa shape index (κ2) is 12.6. The number of carbonyl (C=O) groups is 4. The first-order valence-electron chi connectivity index (χ1n) is 11.2. The SMILES string of the molecule is CC(C)C(NC(=O)C(N)Cc1c[nH]c2ccccc12)C(=O)NC(CS)C(=O)NC(C(=O)O)C(C)O. The van der Waals surface area contributed by atoms with Crippen LogP contribution in [-0.2, 0) is 25.6 Å². The Bertz CT molecular complexity index is 1060. The number of aromatic amines is 1. The molecule has 192 valence electrons. The Hall–Kier alpha value is -3.09. The van der Waals surface area contributed by atoms with Gasteiger partial charge in [-0.1, -0.05) is 32.0 Å². The number of hydrogen-bond donors (Lipinski definition) is 8. The molecule has 8 N–H and O–H groups in total. The zero-order chi connectivity index (χ0) is 26.3. The number of carbonyl (C=O) groups excluding carboxylic acids is 3. The van der Waals surface area contributed by atoms with Crippen LogP contribution in [0.3, 0.4) is 0 Å². The Morgan fingerprint density at radius 2 is 1.63 bits per heavy atom. The molecule has 2 rings (SSSR count). The molecule has 1 aromatic carbocycles. The topological polar surface area (TPSA) is 187 Å². The number of carboxylic acids is 1. The van der Waals surface area contributed by atoms with Gasteiger partial charge in [-0.05, 0) is 30.9 Å². The Balaban J connectivity index is 2.04. The minimum Gasteiger partial charge on any atom is -0.480 e. The highest BCUT2D eigenvalue weighted by Gasteiger charge is 2.32. The molecule has 0 saturated heterocycles. The molecule has 0 saturated carbocycles. The van der Waals surface area contributed by atoms with Crippen LogP contribution in [0, 0.1) is 5.92 Å². The van der Waals surface area contributed by atoms with Crippen LogP contribution in [0.25, 0.3) is 10.9 Å². The van der Waals surface area contributed by atoms with E-state index < -0.39 is 54.0 Å². The van der Waals surface area contributed by atoms with Crippen LogP contribution in [-0.4, -0.2) is 74.9 Å². The summed E-state index contributed by atoms with van der Waals surface area (Å²) >= 11 is 4.06. The van der Waals surface area contributed by atoms with Crippen molar-refractivity contribution in [3.05, 3.63) is 36.0 Å². The van der Waals surface area contributed by atoms with Crippen LogP contribution < -0.4 is 21.7 Å². The van der Waals surface area contributed by atoms with Gasteiger partial charge in [-0.2, -0.15) is 12.6 Å². The molecule has 5 atom stereocenters. The lowest BCUT2D eigenvalue weighted by molar-refractivity contribution is -0.145. The molecule has 0 radical (unpaired) electrons. The van der Waals surface area contributed by atoms with Crippen molar-refractivity contribution in [2.75, 3.05) is 5.75 Å². The van der Waals surface area contributed by atoms with Crippen LogP contribution in [0.5, 0.6) is 0 Å². The van der Waals surface area contributed by atoms with Gasteiger partial charge in [0.25, 0.3) is 0 Å². The number of aromatic nitrogens is 1. The molecule has 0 aliphatic heterocycles. The number of hydrogen-bond acceptors (Lipinski definition) is 7. The number of thiol groups is 1. The Morgan fingerprint density at radius 3 is 2.20 bits per heavy atom. The van der Waals surface area contributed by atoms with Gasteiger partial charge < -0.3 is 36.9 Å². The van der Waals surface area contributed by atoms with E-state index in [2.05, 4.69) is 33.6 Å². The fourth-order valence-corrected chi connectivity index (χ4v) is 3.78. The lowest BCUT2D eigenvalue weighted by atomic mass is 10.0. The molecule has 0 aliphatic carbocycles. The summed E-state index contributed by atoms with van der Waals surface area (Å²) in [6.07, 6.45) is 0.687. The zero-order valence-corrected chi connectivity index (χ0v) is 20.7. The second-order valence-corrected chi connectivity index (χ2v) is 9.07. The van der Waals surface area contributed by atoms with Crippen molar-refractivity contribution in [1.82, 2.24) is 20.9 Å². The molecule has 11 nitrogen and oxygen atoms in total. The Labute approximate surface area is 208 Å². The van der Waals surface area contributed by atoms with Crippen LogP contribution in [0.1, 0.15) is 26.3 Å². The number of rotatable bonds is 12. The number of amides is 3. The predicted molar refractivity (Wildman–Crippen MR) is 134 cm³/mol. The number of fused-ring (bicyclic) bond motifs is 1. The van der Waals surface area contributed by atoms with Crippen molar-refractivity contribution >= 4 is 47.2 Å². The molecule has 35 heavy (non-hydrogen) atoms. The summed E-state index contributed by atoms with van der Waals surface area (Å²) in [4.78, 5) is 52.5. The normalized spacial score (nSPS) is 15.6. The largest absolute Gasteiger partial charge is 0.480 e. The van der Waals surface area contributed by atoms with Crippen molar-refractivity contribution in [2.45, 2.75) is 57.5 Å². The van der Waals surface area contributed by atoms with Crippen LogP contribution >= 0.6 is 12.6 Å². The molecule has 1 heterocycles. The number of benzene rings is 1. The third-order valence-corrected chi connectivity index (χ3v) is 5.93. The smallest absolute Gasteiger partial charge is 0.328 e. The molecule has 12 heteroatoms. The maximum Gasteiger partial charge on any atom is 0.328 e. The minimum absolute atomic E-state index is 0.136. The minimum atomic E-state index is -1.55. The quantitative estimate of drug-likeness (QED) is 0.179. The highest BCUT2D eigenvalue weighted by atomic mass is 32.1. The van der Waals surface area contributed by atoms with Crippen molar-refractivity contribution in [2.24, 2.45) is 11.7 Å². The fourth-order valence-electron chi connectivity index (χ4n) is 3.52. The molecule has 0 fully saturated rings. The van der Waals surface area contributed by atoms with Gasteiger partial charge in [0.2, 0.25) is 17.7 Å². The van der Waals surface area contributed by atoms with Crippen molar-refractivity contribution < 1.29 is 29.4 Å².